The van der Waals surface area contributed by atoms with Crippen LogP contribution in [0.1, 0.15) is 21.5 Å². The fourth-order valence-corrected chi connectivity index (χ4v) is 3.33. The zero-order chi connectivity index (χ0) is 24.1. The average molecular weight is 570 g/mol. The summed E-state index contributed by atoms with van der Waals surface area (Å²) in [4.78, 5) is 21.0. The second-order valence-corrected chi connectivity index (χ2v) is 7.85. The van der Waals surface area contributed by atoms with Crippen LogP contribution in [0, 0.1) is 39.2 Å². The van der Waals surface area contributed by atoms with Gasteiger partial charge in [0.25, 0.3) is 5.91 Å². The molecule has 170 valence electrons. The third kappa shape index (κ3) is 5.52. The van der Waals surface area contributed by atoms with E-state index in [1.807, 2.05) is 28.1 Å². The third-order valence-electron chi connectivity index (χ3n) is 4.41. The van der Waals surface area contributed by atoms with Gasteiger partial charge in [0.2, 0.25) is 0 Å². The Morgan fingerprint density at radius 3 is 2.58 bits per heavy atom. The number of benzene rings is 2. The molecule has 0 bridgehead atoms. The lowest BCUT2D eigenvalue weighted by atomic mass is 10.00. The Bertz CT molecular complexity index is 1260. The molecule has 0 spiro atoms. The molecular weight excluding hydrogens is 555 g/mol. The topological polar surface area (TPSA) is 89.3 Å². The van der Waals surface area contributed by atoms with Crippen LogP contribution in [-0.2, 0) is 11.3 Å². The largest absolute Gasteiger partial charge is 0.381 e. The molecule has 6 nitrogen and oxygen atoms in total. The van der Waals surface area contributed by atoms with E-state index in [4.69, 9.17) is 17.0 Å². The molecule has 0 fully saturated rings. The van der Waals surface area contributed by atoms with Crippen LogP contribution < -0.4 is 16.5 Å². The lowest BCUT2D eigenvalue weighted by Crippen LogP contribution is -2.25. The fourth-order valence-electron chi connectivity index (χ4n) is 2.88. The second-order valence-electron chi connectivity index (χ2n) is 6.61. The summed E-state index contributed by atoms with van der Waals surface area (Å²) < 4.78 is 59.2. The lowest BCUT2D eigenvalue weighted by Gasteiger charge is -2.17. The zero-order valence-electron chi connectivity index (χ0n) is 16.7. The van der Waals surface area contributed by atoms with Gasteiger partial charge < -0.3 is 11.1 Å². The van der Waals surface area contributed by atoms with Crippen LogP contribution in [0.3, 0.4) is 0 Å². The summed E-state index contributed by atoms with van der Waals surface area (Å²) in [6, 6.07) is 6.23. The number of nitrogens with zero attached hydrogens (tertiary/aromatic N) is 1. The van der Waals surface area contributed by atoms with Gasteiger partial charge in [0.1, 0.15) is 12.4 Å². The average Bonchev–Trinajstić information content (AvgIpc) is 2.78. The van der Waals surface area contributed by atoms with Crippen LogP contribution in [-0.4, -0.2) is 17.5 Å². The third-order valence-corrected chi connectivity index (χ3v) is 5.09. The van der Waals surface area contributed by atoms with Gasteiger partial charge in [0.05, 0.1) is 16.9 Å². The SMILES string of the molecule is C#CCONC(=O)c1cc(Cc2ccnc(N)c2F)c(F)c(F)c1Nc1ccc(I)cc1F. The van der Waals surface area contributed by atoms with Crippen LogP contribution in [0.2, 0.25) is 0 Å². The van der Waals surface area contributed by atoms with Gasteiger partial charge in [-0.2, -0.15) is 0 Å². The summed E-state index contributed by atoms with van der Waals surface area (Å²) in [7, 11) is 0. The molecule has 0 unspecified atom stereocenters. The van der Waals surface area contributed by atoms with Crippen LogP contribution in [0.5, 0.6) is 0 Å². The molecule has 0 saturated heterocycles. The highest BCUT2D eigenvalue weighted by Gasteiger charge is 2.24. The minimum absolute atomic E-state index is 0.0693. The number of hydrogen-bond donors (Lipinski definition) is 3. The Kier molecular flexibility index (Phi) is 7.72. The molecule has 0 radical (unpaired) electrons. The zero-order valence-corrected chi connectivity index (χ0v) is 18.8. The molecule has 0 aliphatic heterocycles. The Hall–Kier alpha value is -3.37. The normalized spacial score (nSPS) is 10.5. The van der Waals surface area contributed by atoms with Crippen molar-refractivity contribution in [1.82, 2.24) is 10.5 Å². The number of hydroxylamine groups is 1. The Morgan fingerprint density at radius 1 is 1.12 bits per heavy atom. The van der Waals surface area contributed by atoms with Gasteiger partial charge in [-0.1, -0.05) is 5.92 Å². The molecule has 0 aliphatic carbocycles. The van der Waals surface area contributed by atoms with Gasteiger partial charge in [-0.15, -0.1) is 6.42 Å². The molecule has 3 rings (SSSR count). The molecule has 0 atom stereocenters. The maximum absolute atomic E-state index is 15.1. The predicted octanol–water partition coefficient (Wildman–Crippen LogP) is 4.45. The first-order valence-electron chi connectivity index (χ1n) is 9.20. The van der Waals surface area contributed by atoms with Crippen molar-refractivity contribution in [2.24, 2.45) is 0 Å². The standard InChI is InChI=1S/C22H15F4IN4O2/c1-2-7-33-31-22(32)14-9-12(8-11-5-6-29-21(28)18(11)25)17(24)19(26)20(14)30-16-4-3-13(27)10-15(16)23/h1,3-6,9-10,30H,7-8H2,(H2,28,29)(H,31,32). The van der Waals surface area contributed by atoms with Crippen molar-refractivity contribution in [3.8, 4) is 12.3 Å². The van der Waals surface area contributed by atoms with Crippen molar-refractivity contribution in [3.63, 3.8) is 0 Å². The molecule has 1 heterocycles. The fraction of sp³-hybridized carbons (Fsp3) is 0.0909. The summed E-state index contributed by atoms with van der Waals surface area (Å²) in [5, 5.41) is 2.41. The molecule has 0 aliphatic rings. The number of nitrogens with one attached hydrogen (secondary N) is 2. The number of nitrogen functional groups attached to an aromatic ring is 1. The maximum atomic E-state index is 15.1. The number of amides is 1. The highest BCUT2D eigenvalue weighted by Crippen LogP contribution is 2.32. The van der Waals surface area contributed by atoms with E-state index >= 15 is 4.39 Å². The monoisotopic (exact) mass is 570 g/mol. The van der Waals surface area contributed by atoms with E-state index in [2.05, 4.69) is 16.2 Å². The molecular formula is C22H15F4IN4O2. The van der Waals surface area contributed by atoms with Crippen molar-refractivity contribution in [2.45, 2.75) is 6.42 Å². The van der Waals surface area contributed by atoms with Crippen molar-refractivity contribution < 1.29 is 27.2 Å². The van der Waals surface area contributed by atoms with Gasteiger partial charge in [0.15, 0.2) is 23.3 Å². The van der Waals surface area contributed by atoms with Gasteiger partial charge in [-0.05, 0) is 64.0 Å². The highest BCUT2D eigenvalue weighted by molar-refractivity contribution is 14.1. The number of carbonyl (C=O) groups is 1. The number of hydrogen-bond acceptors (Lipinski definition) is 5. The van der Waals surface area contributed by atoms with E-state index in [-0.39, 0.29) is 23.4 Å². The van der Waals surface area contributed by atoms with Gasteiger partial charge in [0, 0.05) is 16.2 Å². The minimum atomic E-state index is -1.48. The first-order valence-corrected chi connectivity index (χ1v) is 10.3. The van der Waals surface area contributed by atoms with E-state index in [0.717, 1.165) is 12.1 Å². The Morgan fingerprint density at radius 2 is 1.88 bits per heavy atom. The molecule has 33 heavy (non-hydrogen) atoms. The molecule has 4 N–H and O–H groups in total. The van der Waals surface area contributed by atoms with E-state index in [1.165, 1.54) is 24.4 Å². The van der Waals surface area contributed by atoms with E-state index in [9.17, 15) is 18.0 Å². The van der Waals surface area contributed by atoms with Crippen LogP contribution >= 0.6 is 22.6 Å². The summed E-state index contributed by atoms with van der Waals surface area (Å²) in [6.45, 7) is -0.293. The van der Waals surface area contributed by atoms with Crippen molar-refractivity contribution in [2.75, 3.05) is 17.7 Å². The summed E-state index contributed by atoms with van der Waals surface area (Å²) in [6.07, 6.45) is 5.82. The number of terminal acetylenes is 1. The quantitative estimate of drug-likeness (QED) is 0.129. The number of halogens is 5. The predicted molar refractivity (Wildman–Crippen MR) is 122 cm³/mol. The number of rotatable bonds is 7. The number of nitrogens with two attached hydrogens (primary N) is 1. The first-order chi connectivity index (χ1) is 15.7. The lowest BCUT2D eigenvalue weighted by molar-refractivity contribution is 0.0438. The van der Waals surface area contributed by atoms with E-state index in [0.29, 0.717) is 3.57 Å². The molecule has 11 heteroatoms. The van der Waals surface area contributed by atoms with Gasteiger partial charge in [-0.3, -0.25) is 9.63 Å². The van der Waals surface area contributed by atoms with Crippen molar-refractivity contribution in [1.29, 1.82) is 0 Å². The number of anilines is 3. The Balaban J connectivity index is 2.09. The summed E-state index contributed by atoms with van der Waals surface area (Å²) in [5.41, 5.74) is 5.73. The number of carbonyl (C=O) groups excluding carboxylic acids is 1. The maximum Gasteiger partial charge on any atom is 0.277 e. The smallest absolute Gasteiger partial charge is 0.277 e. The van der Waals surface area contributed by atoms with Gasteiger partial charge in [-0.25, -0.2) is 28.0 Å². The molecule has 3 aromatic rings. The van der Waals surface area contributed by atoms with Crippen LogP contribution in [0.4, 0.5) is 34.8 Å². The van der Waals surface area contributed by atoms with Crippen LogP contribution in [0.25, 0.3) is 0 Å². The first kappa shape index (κ1) is 24.3. The Labute approximate surface area is 199 Å². The number of aromatic nitrogens is 1. The molecule has 2 aromatic carbocycles. The second kappa shape index (κ2) is 10.5. The van der Waals surface area contributed by atoms with E-state index < -0.39 is 52.7 Å². The number of pyridine rings is 1. The van der Waals surface area contributed by atoms with Crippen molar-refractivity contribution in [3.05, 3.63) is 80.1 Å². The summed E-state index contributed by atoms with van der Waals surface area (Å²) >= 11 is 1.88. The van der Waals surface area contributed by atoms with E-state index in [1.54, 1.807) is 0 Å². The highest BCUT2D eigenvalue weighted by atomic mass is 127. The van der Waals surface area contributed by atoms with Gasteiger partial charge >= 0.3 is 0 Å². The summed E-state index contributed by atoms with van der Waals surface area (Å²) in [5.74, 6) is -3.78. The van der Waals surface area contributed by atoms with Crippen LogP contribution in [0.15, 0.2) is 36.5 Å². The van der Waals surface area contributed by atoms with Crippen molar-refractivity contribution >= 4 is 45.7 Å². The molecule has 1 amide bonds. The molecule has 0 saturated carbocycles. The molecule has 1 aromatic heterocycles. The minimum Gasteiger partial charge on any atom is -0.381 e.